The molecular weight excluding hydrogens is 314 g/mol. The van der Waals surface area contributed by atoms with E-state index in [4.69, 9.17) is 21.1 Å². The van der Waals surface area contributed by atoms with Gasteiger partial charge in [-0.25, -0.2) is 0 Å². The van der Waals surface area contributed by atoms with Crippen LogP contribution in [0.4, 0.5) is 0 Å². The topological polar surface area (TPSA) is 47.6 Å². The highest BCUT2D eigenvalue weighted by atomic mass is 35.5. The van der Waals surface area contributed by atoms with Gasteiger partial charge in [0.1, 0.15) is 11.4 Å². The lowest BCUT2D eigenvalue weighted by atomic mass is 9.84. The third-order valence-corrected chi connectivity index (χ3v) is 4.43. The Bertz CT molecular complexity index is 560. The Hall–Kier alpha value is -1.26. The number of benzene rings is 1. The molecule has 0 unspecified atom stereocenters. The van der Waals surface area contributed by atoms with Gasteiger partial charge in [0.2, 0.25) is 0 Å². The van der Waals surface area contributed by atoms with Crippen molar-refractivity contribution in [1.29, 1.82) is 0 Å². The Morgan fingerprint density at radius 2 is 1.96 bits per heavy atom. The first-order valence-corrected chi connectivity index (χ1v) is 8.40. The molecule has 0 bridgehead atoms. The van der Waals surface area contributed by atoms with Crippen LogP contribution in [0.15, 0.2) is 18.2 Å². The van der Waals surface area contributed by atoms with E-state index in [1.165, 1.54) is 0 Å². The molecule has 1 saturated heterocycles. The third-order valence-electron chi connectivity index (χ3n) is 4.20. The molecule has 0 radical (unpaired) electrons. The van der Waals surface area contributed by atoms with Crippen LogP contribution >= 0.6 is 11.6 Å². The zero-order valence-corrected chi connectivity index (χ0v) is 15.1. The summed E-state index contributed by atoms with van der Waals surface area (Å²) in [5.41, 5.74) is 0.0131. The number of halogens is 1. The van der Waals surface area contributed by atoms with Gasteiger partial charge in [0.05, 0.1) is 12.5 Å². The Morgan fingerprint density at radius 3 is 2.52 bits per heavy atom. The molecule has 1 aliphatic rings. The lowest BCUT2D eigenvalue weighted by Gasteiger charge is -2.39. The van der Waals surface area contributed by atoms with Crippen molar-refractivity contribution < 1.29 is 14.3 Å². The fraction of sp³-hybridized carbons (Fsp3) is 0.611. The standard InChI is InChI=1S/C18H26ClNO3/c1-17(2,3)16(21)23-18(7-9-20-10-8-18)12-13-5-6-14(19)11-15(13)22-4/h5-6,11,20H,7-10,12H2,1-4H3. The van der Waals surface area contributed by atoms with E-state index in [9.17, 15) is 4.79 Å². The van der Waals surface area contributed by atoms with Crippen molar-refractivity contribution in [1.82, 2.24) is 5.32 Å². The number of carbonyl (C=O) groups excluding carboxylic acids is 1. The van der Waals surface area contributed by atoms with Crippen LogP contribution < -0.4 is 10.1 Å². The number of rotatable bonds is 4. The molecule has 1 N–H and O–H groups in total. The van der Waals surface area contributed by atoms with Crippen molar-refractivity contribution in [3.05, 3.63) is 28.8 Å². The monoisotopic (exact) mass is 339 g/mol. The largest absolute Gasteiger partial charge is 0.496 e. The highest BCUT2D eigenvalue weighted by molar-refractivity contribution is 6.30. The Morgan fingerprint density at radius 1 is 1.30 bits per heavy atom. The molecular formula is C18H26ClNO3. The van der Waals surface area contributed by atoms with Crippen LogP contribution in [0.25, 0.3) is 0 Å². The maximum Gasteiger partial charge on any atom is 0.311 e. The highest BCUT2D eigenvalue weighted by Crippen LogP contribution is 2.34. The average Bonchev–Trinajstić information content (AvgIpc) is 2.49. The molecule has 0 aromatic heterocycles. The number of nitrogens with one attached hydrogen (secondary N) is 1. The molecule has 0 aliphatic carbocycles. The minimum Gasteiger partial charge on any atom is -0.496 e. The van der Waals surface area contributed by atoms with Crippen molar-refractivity contribution in [2.45, 2.75) is 45.6 Å². The fourth-order valence-corrected chi connectivity index (χ4v) is 2.92. The van der Waals surface area contributed by atoms with Crippen LogP contribution in [0.5, 0.6) is 5.75 Å². The van der Waals surface area contributed by atoms with E-state index in [0.29, 0.717) is 11.4 Å². The van der Waals surface area contributed by atoms with E-state index in [0.717, 1.165) is 37.2 Å². The Balaban J connectivity index is 2.27. The number of hydrogen-bond acceptors (Lipinski definition) is 4. The van der Waals surface area contributed by atoms with E-state index in [2.05, 4.69) is 5.32 Å². The van der Waals surface area contributed by atoms with Crippen LogP contribution in [-0.4, -0.2) is 31.8 Å². The van der Waals surface area contributed by atoms with Crippen LogP contribution in [0.1, 0.15) is 39.2 Å². The molecule has 1 aromatic carbocycles. The molecule has 0 spiro atoms. The zero-order valence-electron chi connectivity index (χ0n) is 14.4. The van der Waals surface area contributed by atoms with Crippen molar-refractivity contribution in [3.8, 4) is 5.75 Å². The van der Waals surface area contributed by atoms with Crippen LogP contribution in [0.3, 0.4) is 0 Å². The summed E-state index contributed by atoms with van der Waals surface area (Å²) in [7, 11) is 1.63. The second kappa shape index (κ2) is 7.10. The number of hydrogen-bond donors (Lipinski definition) is 1. The molecule has 5 heteroatoms. The first-order chi connectivity index (χ1) is 10.8. The molecule has 0 saturated carbocycles. The maximum absolute atomic E-state index is 12.4. The molecule has 1 heterocycles. The van der Waals surface area contributed by atoms with Gasteiger partial charge in [-0.2, -0.15) is 0 Å². The summed E-state index contributed by atoms with van der Waals surface area (Å²) in [5.74, 6) is 0.578. The maximum atomic E-state index is 12.4. The predicted octanol–water partition coefficient (Wildman–Crippen LogP) is 3.60. The van der Waals surface area contributed by atoms with Gasteiger partial charge in [-0.05, 0) is 51.6 Å². The molecule has 23 heavy (non-hydrogen) atoms. The normalized spacial score (nSPS) is 17.6. The molecule has 128 valence electrons. The molecule has 2 rings (SSSR count). The minimum absolute atomic E-state index is 0.160. The summed E-state index contributed by atoms with van der Waals surface area (Å²) in [5, 5.41) is 3.97. The summed E-state index contributed by atoms with van der Waals surface area (Å²) in [4.78, 5) is 12.4. The quantitative estimate of drug-likeness (QED) is 0.851. The van der Waals surface area contributed by atoms with Gasteiger partial charge in [-0.1, -0.05) is 17.7 Å². The first-order valence-electron chi connectivity index (χ1n) is 8.02. The second-order valence-corrected chi connectivity index (χ2v) is 7.64. The van der Waals surface area contributed by atoms with E-state index < -0.39 is 11.0 Å². The minimum atomic E-state index is -0.512. The summed E-state index contributed by atoms with van der Waals surface area (Å²) >= 11 is 6.04. The SMILES string of the molecule is COc1cc(Cl)ccc1CC1(OC(=O)C(C)(C)C)CCNCC1. The van der Waals surface area contributed by atoms with E-state index in [-0.39, 0.29) is 5.97 Å². The molecule has 0 amide bonds. The summed E-state index contributed by atoms with van der Waals surface area (Å²) < 4.78 is 11.5. The summed E-state index contributed by atoms with van der Waals surface area (Å²) in [6.45, 7) is 7.33. The Labute approximate surface area is 143 Å². The van der Waals surface area contributed by atoms with E-state index in [1.807, 2.05) is 32.9 Å². The number of esters is 1. The Kier molecular flexibility index (Phi) is 5.58. The van der Waals surface area contributed by atoms with Crippen LogP contribution in [0.2, 0.25) is 5.02 Å². The zero-order chi connectivity index (χ0) is 17.1. The van der Waals surface area contributed by atoms with Crippen molar-refractivity contribution in [2.24, 2.45) is 5.41 Å². The molecule has 4 nitrogen and oxygen atoms in total. The van der Waals surface area contributed by atoms with Gasteiger partial charge in [-0.3, -0.25) is 4.79 Å². The third kappa shape index (κ3) is 4.61. The number of piperidine rings is 1. The van der Waals surface area contributed by atoms with Gasteiger partial charge < -0.3 is 14.8 Å². The molecule has 1 aromatic rings. The first kappa shape index (κ1) is 18.1. The van der Waals surface area contributed by atoms with Crippen molar-refractivity contribution in [3.63, 3.8) is 0 Å². The van der Waals surface area contributed by atoms with Crippen LogP contribution in [0, 0.1) is 5.41 Å². The van der Waals surface area contributed by atoms with Gasteiger partial charge in [0.15, 0.2) is 0 Å². The molecule has 1 aliphatic heterocycles. The van der Waals surface area contributed by atoms with E-state index >= 15 is 0 Å². The highest BCUT2D eigenvalue weighted by Gasteiger charge is 2.39. The van der Waals surface area contributed by atoms with Crippen LogP contribution in [-0.2, 0) is 16.0 Å². The second-order valence-electron chi connectivity index (χ2n) is 7.21. The molecule has 1 fully saturated rings. The van der Waals surface area contributed by atoms with Gasteiger partial charge >= 0.3 is 5.97 Å². The predicted molar refractivity (Wildman–Crippen MR) is 92.1 cm³/mol. The number of carbonyl (C=O) groups is 1. The smallest absolute Gasteiger partial charge is 0.311 e. The van der Waals surface area contributed by atoms with Crippen molar-refractivity contribution in [2.75, 3.05) is 20.2 Å². The average molecular weight is 340 g/mol. The van der Waals surface area contributed by atoms with Crippen molar-refractivity contribution >= 4 is 17.6 Å². The number of ether oxygens (including phenoxy) is 2. The lowest BCUT2D eigenvalue weighted by molar-refractivity contribution is -0.172. The lowest BCUT2D eigenvalue weighted by Crippen LogP contribution is -2.48. The van der Waals surface area contributed by atoms with Gasteiger partial charge in [0, 0.05) is 24.3 Å². The summed E-state index contributed by atoms with van der Waals surface area (Å²) in [6, 6.07) is 5.60. The number of methoxy groups -OCH3 is 1. The van der Waals surface area contributed by atoms with Gasteiger partial charge in [0.25, 0.3) is 0 Å². The van der Waals surface area contributed by atoms with E-state index in [1.54, 1.807) is 13.2 Å². The summed E-state index contributed by atoms with van der Waals surface area (Å²) in [6.07, 6.45) is 2.22. The van der Waals surface area contributed by atoms with Gasteiger partial charge in [-0.15, -0.1) is 0 Å². The molecule has 0 atom stereocenters. The fourth-order valence-electron chi connectivity index (χ4n) is 2.76.